The average Bonchev–Trinajstić information content (AvgIpc) is 3.44. The Hall–Kier alpha value is -5.52. The van der Waals surface area contributed by atoms with E-state index in [4.69, 9.17) is 37.9 Å². The third-order valence-corrected chi connectivity index (χ3v) is 7.53. The van der Waals surface area contributed by atoms with E-state index < -0.39 is 11.9 Å². The van der Waals surface area contributed by atoms with Crippen LogP contribution >= 0.6 is 0 Å². The molecule has 0 bridgehead atoms. The fraction of sp³-hybridized carbons (Fsp3) is 0.294. The number of rotatable bonds is 14. The van der Waals surface area contributed by atoms with Crippen LogP contribution in [0, 0.1) is 0 Å². The van der Waals surface area contributed by atoms with Gasteiger partial charge in [0.1, 0.15) is 17.1 Å². The number of esters is 1. The fourth-order valence-electron chi connectivity index (χ4n) is 5.42. The van der Waals surface area contributed by atoms with E-state index >= 15 is 0 Å². The van der Waals surface area contributed by atoms with Crippen LogP contribution in [-0.4, -0.2) is 78.5 Å². The van der Waals surface area contributed by atoms with Crippen LogP contribution in [0.25, 0.3) is 22.3 Å². The monoisotopic (exact) mass is 635 g/mol. The highest BCUT2D eigenvalue weighted by molar-refractivity contribution is 6.09. The van der Waals surface area contributed by atoms with E-state index in [2.05, 4.69) is 0 Å². The lowest BCUT2D eigenvalue weighted by molar-refractivity contribution is 0.0588. The van der Waals surface area contributed by atoms with Gasteiger partial charge in [0, 0.05) is 17.7 Å². The van der Waals surface area contributed by atoms with Crippen LogP contribution in [0.5, 0.6) is 40.2 Å². The van der Waals surface area contributed by atoms with Gasteiger partial charge in [0.2, 0.25) is 11.5 Å². The van der Waals surface area contributed by atoms with Crippen molar-refractivity contribution in [1.82, 2.24) is 4.57 Å². The van der Waals surface area contributed by atoms with Gasteiger partial charge < -0.3 is 47.6 Å². The molecule has 0 amide bonds. The summed E-state index contributed by atoms with van der Waals surface area (Å²) in [5.41, 5.74) is 1.99. The number of nitrogens with zero attached hydrogens (tertiary/aromatic N) is 1. The van der Waals surface area contributed by atoms with Crippen molar-refractivity contribution in [2.45, 2.75) is 13.0 Å². The van der Waals surface area contributed by atoms with E-state index in [1.165, 1.54) is 54.3 Å². The zero-order valence-corrected chi connectivity index (χ0v) is 27.0. The lowest BCUT2D eigenvalue weighted by Gasteiger charge is -2.17. The summed E-state index contributed by atoms with van der Waals surface area (Å²) in [7, 11) is 11.6. The molecular formula is C34H37NO11. The molecule has 1 N–H and O–H groups in total. The molecule has 3 aromatic carbocycles. The topological polar surface area (TPSA) is 133 Å². The molecule has 0 fully saturated rings. The Balaban J connectivity index is 2.16. The standard InChI is InChI=1S/C34H37NO11/c1-39-22-11-9-19(10-12-22)13-14-35-29(33(36)37)27(20-15-23(40-2)31(44-6)24(16-20)41-3)28(30(35)34(38)46-8)21-17-25(42-4)32(45-7)26(18-21)43-5/h9-12,15-18H,13-14H2,1-8H3,(H,36,37). The Morgan fingerprint density at radius 3 is 1.39 bits per heavy atom. The first kappa shape index (κ1) is 33.4. The second-order valence-electron chi connectivity index (χ2n) is 9.82. The quantitative estimate of drug-likeness (QED) is 0.173. The summed E-state index contributed by atoms with van der Waals surface area (Å²) >= 11 is 0. The normalized spacial score (nSPS) is 10.6. The van der Waals surface area contributed by atoms with Crippen molar-refractivity contribution < 1.29 is 52.6 Å². The highest BCUT2D eigenvalue weighted by Gasteiger charge is 2.34. The fourth-order valence-corrected chi connectivity index (χ4v) is 5.42. The number of hydrogen-bond acceptors (Lipinski definition) is 10. The number of aryl methyl sites for hydroxylation is 1. The number of carbonyl (C=O) groups excluding carboxylic acids is 1. The Kier molecular flexibility index (Phi) is 10.5. The Morgan fingerprint density at radius 1 is 0.609 bits per heavy atom. The van der Waals surface area contributed by atoms with Crippen molar-refractivity contribution in [1.29, 1.82) is 0 Å². The van der Waals surface area contributed by atoms with Crippen molar-refractivity contribution >= 4 is 11.9 Å². The minimum absolute atomic E-state index is 0.00596. The van der Waals surface area contributed by atoms with E-state index in [1.54, 1.807) is 31.4 Å². The van der Waals surface area contributed by atoms with Crippen LogP contribution in [0.15, 0.2) is 48.5 Å². The zero-order valence-electron chi connectivity index (χ0n) is 27.0. The van der Waals surface area contributed by atoms with Crippen molar-refractivity contribution in [2.75, 3.05) is 56.9 Å². The van der Waals surface area contributed by atoms with Gasteiger partial charge in [0.25, 0.3) is 0 Å². The van der Waals surface area contributed by atoms with Gasteiger partial charge in [-0.3, -0.25) is 0 Å². The van der Waals surface area contributed by atoms with Crippen LogP contribution in [0.3, 0.4) is 0 Å². The molecule has 0 aliphatic carbocycles. The average molecular weight is 636 g/mol. The number of carbonyl (C=O) groups is 2. The molecule has 12 heteroatoms. The number of benzene rings is 3. The highest BCUT2D eigenvalue weighted by atomic mass is 16.5. The molecule has 4 rings (SSSR count). The molecule has 12 nitrogen and oxygen atoms in total. The Morgan fingerprint density at radius 2 is 1.04 bits per heavy atom. The van der Waals surface area contributed by atoms with E-state index in [0.717, 1.165) is 5.56 Å². The largest absolute Gasteiger partial charge is 0.497 e. The Labute approximate surface area is 266 Å². The smallest absolute Gasteiger partial charge is 0.355 e. The lowest BCUT2D eigenvalue weighted by Crippen LogP contribution is -2.17. The highest BCUT2D eigenvalue weighted by Crippen LogP contribution is 2.49. The molecule has 0 spiro atoms. The van der Waals surface area contributed by atoms with E-state index in [-0.39, 0.29) is 40.6 Å². The van der Waals surface area contributed by atoms with Crippen LogP contribution in [-0.2, 0) is 17.7 Å². The third-order valence-electron chi connectivity index (χ3n) is 7.53. The number of carboxylic acid groups (broad SMARTS) is 1. The maximum Gasteiger partial charge on any atom is 0.355 e. The predicted octanol–water partition coefficient (Wildman–Crippen LogP) is 5.61. The molecule has 46 heavy (non-hydrogen) atoms. The second-order valence-corrected chi connectivity index (χ2v) is 9.82. The second kappa shape index (κ2) is 14.5. The molecule has 1 aromatic heterocycles. The summed E-state index contributed by atoms with van der Waals surface area (Å²) in [6.07, 6.45) is 0.381. The molecule has 0 saturated heterocycles. The van der Waals surface area contributed by atoms with Crippen molar-refractivity contribution in [3.05, 3.63) is 65.5 Å². The SMILES string of the molecule is COC(=O)c1c(-c2cc(OC)c(OC)c(OC)c2)c(-c2cc(OC)c(OC)c(OC)c2)c(C(=O)O)n1CCc1ccc(OC)cc1. The zero-order chi connectivity index (χ0) is 33.5. The number of carboxylic acids is 1. The summed E-state index contributed by atoms with van der Waals surface area (Å²) in [4.78, 5) is 27.0. The number of ether oxygens (including phenoxy) is 8. The molecule has 0 aliphatic heterocycles. The molecule has 0 unspecified atom stereocenters. The van der Waals surface area contributed by atoms with Crippen LogP contribution in [0.2, 0.25) is 0 Å². The van der Waals surface area contributed by atoms with Gasteiger partial charge in [-0.25, -0.2) is 9.59 Å². The summed E-state index contributed by atoms with van der Waals surface area (Å²) in [6, 6.07) is 13.9. The van der Waals surface area contributed by atoms with Gasteiger partial charge in [-0.2, -0.15) is 0 Å². The van der Waals surface area contributed by atoms with Crippen molar-refractivity contribution in [3.63, 3.8) is 0 Å². The molecule has 0 saturated carbocycles. The molecule has 4 aromatic rings. The van der Waals surface area contributed by atoms with Gasteiger partial charge in [0.05, 0.1) is 56.9 Å². The first-order valence-corrected chi connectivity index (χ1v) is 14.0. The minimum atomic E-state index is -1.28. The van der Waals surface area contributed by atoms with Gasteiger partial charge in [0.15, 0.2) is 23.0 Å². The number of aromatic carboxylic acids is 1. The summed E-state index contributed by atoms with van der Waals surface area (Å²) in [5, 5.41) is 10.8. The van der Waals surface area contributed by atoms with Crippen LogP contribution in [0.4, 0.5) is 0 Å². The van der Waals surface area contributed by atoms with E-state index in [0.29, 0.717) is 46.3 Å². The first-order chi connectivity index (χ1) is 22.2. The maximum absolute atomic E-state index is 13.7. The van der Waals surface area contributed by atoms with Crippen molar-refractivity contribution in [2.24, 2.45) is 0 Å². The molecule has 0 radical (unpaired) electrons. The van der Waals surface area contributed by atoms with Gasteiger partial charge >= 0.3 is 11.9 Å². The lowest BCUT2D eigenvalue weighted by atomic mass is 9.93. The molecule has 1 heterocycles. The summed E-state index contributed by atoms with van der Waals surface area (Å²) in [6.45, 7) is 0.111. The van der Waals surface area contributed by atoms with Crippen LogP contribution in [0.1, 0.15) is 26.5 Å². The van der Waals surface area contributed by atoms with Gasteiger partial charge in [-0.1, -0.05) is 12.1 Å². The summed E-state index contributed by atoms with van der Waals surface area (Å²) < 4.78 is 45.5. The molecule has 244 valence electrons. The predicted molar refractivity (Wildman–Crippen MR) is 170 cm³/mol. The van der Waals surface area contributed by atoms with Gasteiger partial charge in [-0.05, 0) is 59.5 Å². The maximum atomic E-state index is 13.7. The molecular weight excluding hydrogens is 598 g/mol. The summed E-state index contributed by atoms with van der Waals surface area (Å²) in [5.74, 6) is 0.455. The molecule has 0 atom stereocenters. The third kappa shape index (κ3) is 6.19. The number of methoxy groups -OCH3 is 8. The minimum Gasteiger partial charge on any atom is -0.497 e. The first-order valence-electron chi connectivity index (χ1n) is 14.0. The van der Waals surface area contributed by atoms with Crippen LogP contribution < -0.4 is 33.2 Å². The Bertz CT molecular complexity index is 1670. The van der Waals surface area contributed by atoms with Gasteiger partial charge in [-0.15, -0.1) is 0 Å². The van der Waals surface area contributed by atoms with E-state index in [9.17, 15) is 14.7 Å². The van der Waals surface area contributed by atoms with E-state index in [1.807, 2.05) is 24.3 Å². The number of aromatic nitrogens is 1. The van der Waals surface area contributed by atoms with Crippen molar-refractivity contribution in [3.8, 4) is 62.5 Å². The number of hydrogen-bond donors (Lipinski definition) is 1. The molecule has 0 aliphatic rings.